The van der Waals surface area contributed by atoms with Crippen molar-refractivity contribution >= 4 is 33.2 Å². The zero-order valence-corrected chi connectivity index (χ0v) is 12.9. The molecule has 2 nitrogen and oxygen atoms in total. The molecular weight excluding hydrogens is 302 g/mol. The summed E-state index contributed by atoms with van der Waals surface area (Å²) in [5.41, 5.74) is 2.43. The van der Waals surface area contributed by atoms with Gasteiger partial charge >= 0.3 is 0 Å². The minimum atomic E-state index is 0.434. The number of halogens is 2. The molecule has 0 bridgehead atoms. The molecule has 0 aliphatic rings. The lowest BCUT2D eigenvalue weighted by Crippen LogP contribution is -2.34. The molecule has 0 spiro atoms. The number of ether oxygens (including phenoxy) is 1. The van der Waals surface area contributed by atoms with Gasteiger partial charge in [0.05, 0.1) is 6.61 Å². The Hall–Kier alpha value is -0.250. The molecule has 0 saturated heterocycles. The predicted octanol–water partition coefficient (Wildman–Crippen LogP) is 4.10. The van der Waals surface area contributed by atoms with Crippen molar-refractivity contribution in [3.63, 3.8) is 0 Å². The van der Waals surface area contributed by atoms with Crippen molar-refractivity contribution in [1.82, 2.24) is 0 Å². The standard InChI is InChI=1S/C13H19BrClNO/c1-10(2)16(6-7-17-3)13-5-4-12(15)8-11(13)9-14/h4-5,8,10H,6-7,9H2,1-3H3. The summed E-state index contributed by atoms with van der Waals surface area (Å²) < 4.78 is 5.16. The molecule has 0 radical (unpaired) electrons. The van der Waals surface area contributed by atoms with Gasteiger partial charge in [-0.25, -0.2) is 0 Å². The predicted molar refractivity (Wildman–Crippen MR) is 78.4 cm³/mol. The Morgan fingerprint density at radius 3 is 2.65 bits per heavy atom. The number of anilines is 1. The SMILES string of the molecule is COCCN(c1ccc(Cl)cc1CBr)C(C)C. The maximum atomic E-state index is 6.02. The summed E-state index contributed by atoms with van der Waals surface area (Å²) in [6.07, 6.45) is 0. The fourth-order valence-corrected chi connectivity index (χ4v) is 2.43. The highest BCUT2D eigenvalue weighted by atomic mass is 79.9. The lowest BCUT2D eigenvalue weighted by atomic mass is 10.1. The summed E-state index contributed by atoms with van der Waals surface area (Å²) in [4.78, 5) is 2.33. The van der Waals surface area contributed by atoms with E-state index < -0.39 is 0 Å². The first-order chi connectivity index (χ1) is 8.10. The maximum Gasteiger partial charge on any atom is 0.0637 e. The second-order valence-corrected chi connectivity index (χ2v) is 5.18. The number of methoxy groups -OCH3 is 1. The summed E-state index contributed by atoms with van der Waals surface area (Å²) in [6.45, 7) is 5.98. The van der Waals surface area contributed by atoms with Crippen LogP contribution in [0.25, 0.3) is 0 Å². The zero-order valence-electron chi connectivity index (χ0n) is 10.5. The first-order valence-corrected chi connectivity index (χ1v) is 7.20. The summed E-state index contributed by atoms with van der Waals surface area (Å²) in [7, 11) is 1.73. The van der Waals surface area contributed by atoms with Gasteiger partial charge in [0.25, 0.3) is 0 Å². The minimum Gasteiger partial charge on any atom is -0.383 e. The molecule has 0 unspecified atom stereocenters. The molecule has 1 aromatic carbocycles. The molecule has 0 aliphatic carbocycles. The van der Waals surface area contributed by atoms with Crippen LogP contribution in [0.3, 0.4) is 0 Å². The summed E-state index contributed by atoms with van der Waals surface area (Å²) in [5.74, 6) is 0. The van der Waals surface area contributed by atoms with Crippen molar-refractivity contribution in [3.05, 3.63) is 28.8 Å². The fourth-order valence-electron chi connectivity index (χ4n) is 1.79. The molecule has 17 heavy (non-hydrogen) atoms. The van der Waals surface area contributed by atoms with Crippen LogP contribution in [0.1, 0.15) is 19.4 Å². The van der Waals surface area contributed by atoms with E-state index in [2.05, 4.69) is 40.7 Å². The molecule has 1 aromatic rings. The normalized spacial score (nSPS) is 10.9. The third-order valence-corrected chi connectivity index (χ3v) is 3.49. The van der Waals surface area contributed by atoms with Crippen molar-refractivity contribution in [1.29, 1.82) is 0 Å². The maximum absolute atomic E-state index is 6.02. The van der Waals surface area contributed by atoms with E-state index in [1.807, 2.05) is 12.1 Å². The number of nitrogens with zero attached hydrogens (tertiary/aromatic N) is 1. The van der Waals surface area contributed by atoms with Crippen LogP contribution in [0.4, 0.5) is 5.69 Å². The first-order valence-electron chi connectivity index (χ1n) is 5.70. The Balaban J connectivity index is 3.00. The second kappa shape index (κ2) is 7.24. The summed E-state index contributed by atoms with van der Waals surface area (Å²) in [6, 6.07) is 6.46. The van der Waals surface area contributed by atoms with Gasteiger partial charge in [0.1, 0.15) is 0 Å². The van der Waals surface area contributed by atoms with E-state index in [9.17, 15) is 0 Å². The topological polar surface area (TPSA) is 12.5 Å². The van der Waals surface area contributed by atoms with Gasteiger partial charge in [0.15, 0.2) is 0 Å². The Kier molecular flexibility index (Phi) is 6.31. The van der Waals surface area contributed by atoms with Crippen LogP contribution in [-0.4, -0.2) is 26.3 Å². The molecular formula is C13H19BrClNO. The van der Waals surface area contributed by atoms with Crippen molar-refractivity contribution < 1.29 is 4.74 Å². The Morgan fingerprint density at radius 1 is 1.41 bits per heavy atom. The van der Waals surface area contributed by atoms with E-state index in [-0.39, 0.29) is 0 Å². The molecule has 0 amide bonds. The largest absolute Gasteiger partial charge is 0.383 e. The molecule has 0 saturated carbocycles. The van der Waals surface area contributed by atoms with Crippen molar-refractivity contribution in [3.8, 4) is 0 Å². The number of rotatable bonds is 6. The van der Waals surface area contributed by atoms with Gasteiger partial charge in [-0.05, 0) is 37.6 Å². The third-order valence-electron chi connectivity index (χ3n) is 2.65. The van der Waals surface area contributed by atoms with Gasteiger partial charge in [-0.1, -0.05) is 27.5 Å². The van der Waals surface area contributed by atoms with Gasteiger partial charge in [0.2, 0.25) is 0 Å². The number of benzene rings is 1. The van der Waals surface area contributed by atoms with E-state index in [0.29, 0.717) is 6.04 Å². The van der Waals surface area contributed by atoms with Crippen molar-refractivity contribution in [2.24, 2.45) is 0 Å². The van der Waals surface area contributed by atoms with E-state index in [1.54, 1.807) is 7.11 Å². The fraction of sp³-hybridized carbons (Fsp3) is 0.538. The number of alkyl halides is 1. The quantitative estimate of drug-likeness (QED) is 0.732. The van der Waals surface area contributed by atoms with Crippen molar-refractivity contribution in [2.45, 2.75) is 25.2 Å². The third kappa shape index (κ3) is 4.16. The molecule has 0 aliphatic heterocycles. The second-order valence-electron chi connectivity index (χ2n) is 4.19. The summed E-state index contributed by atoms with van der Waals surface area (Å²) >= 11 is 9.53. The van der Waals surface area contributed by atoms with E-state index in [4.69, 9.17) is 16.3 Å². The zero-order chi connectivity index (χ0) is 12.8. The van der Waals surface area contributed by atoms with E-state index >= 15 is 0 Å². The van der Waals surface area contributed by atoms with Gasteiger partial charge < -0.3 is 9.64 Å². The Labute approximate surface area is 117 Å². The molecule has 0 heterocycles. The molecule has 4 heteroatoms. The highest BCUT2D eigenvalue weighted by molar-refractivity contribution is 9.08. The molecule has 0 fully saturated rings. The van der Waals surface area contributed by atoms with Gasteiger partial charge in [-0.3, -0.25) is 0 Å². The van der Waals surface area contributed by atoms with Crippen molar-refractivity contribution in [2.75, 3.05) is 25.2 Å². The number of hydrogen-bond donors (Lipinski definition) is 0. The number of hydrogen-bond acceptors (Lipinski definition) is 2. The highest BCUT2D eigenvalue weighted by Gasteiger charge is 2.14. The average molecular weight is 321 g/mol. The van der Waals surface area contributed by atoms with Crippen LogP contribution in [0, 0.1) is 0 Å². The van der Waals surface area contributed by atoms with Crippen LogP contribution >= 0.6 is 27.5 Å². The molecule has 0 atom stereocenters. The lowest BCUT2D eigenvalue weighted by molar-refractivity contribution is 0.204. The molecule has 0 N–H and O–H groups in total. The van der Waals surface area contributed by atoms with E-state index in [1.165, 1.54) is 11.3 Å². The molecule has 96 valence electrons. The van der Waals surface area contributed by atoms with Crippen LogP contribution in [-0.2, 0) is 10.1 Å². The van der Waals surface area contributed by atoms with Crippen LogP contribution in [0.5, 0.6) is 0 Å². The Morgan fingerprint density at radius 2 is 2.12 bits per heavy atom. The summed E-state index contributed by atoms with van der Waals surface area (Å²) in [5, 5.41) is 1.58. The highest BCUT2D eigenvalue weighted by Crippen LogP contribution is 2.27. The van der Waals surface area contributed by atoms with Gasteiger partial charge in [-0.15, -0.1) is 0 Å². The monoisotopic (exact) mass is 319 g/mol. The van der Waals surface area contributed by atoms with Crippen LogP contribution in [0.15, 0.2) is 18.2 Å². The molecule has 0 aromatic heterocycles. The smallest absolute Gasteiger partial charge is 0.0637 e. The average Bonchev–Trinajstić information content (AvgIpc) is 2.30. The van der Waals surface area contributed by atoms with Gasteiger partial charge in [0, 0.05) is 35.7 Å². The van der Waals surface area contributed by atoms with Crippen LogP contribution < -0.4 is 4.90 Å². The Bertz CT molecular complexity index is 357. The van der Waals surface area contributed by atoms with Crippen LogP contribution in [0.2, 0.25) is 5.02 Å². The lowest BCUT2D eigenvalue weighted by Gasteiger charge is -2.30. The molecule has 1 rings (SSSR count). The van der Waals surface area contributed by atoms with E-state index in [0.717, 1.165) is 23.5 Å². The first kappa shape index (κ1) is 14.8. The minimum absolute atomic E-state index is 0.434. The van der Waals surface area contributed by atoms with Gasteiger partial charge in [-0.2, -0.15) is 0 Å².